The molecule has 1 aromatic rings. The molecule has 3 heterocycles. The summed E-state index contributed by atoms with van der Waals surface area (Å²) in [6, 6.07) is 1.45. The molecule has 3 rings (SSSR count). The zero-order valence-corrected chi connectivity index (χ0v) is 12.9. The van der Waals surface area contributed by atoms with Gasteiger partial charge in [0, 0.05) is 37.8 Å². The predicted molar refractivity (Wildman–Crippen MR) is 80.1 cm³/mol. The van der Waals surface area contributed by atoms with Crippen molar-refractivity contribution < 1.29 is 13.9 Å². The van der Waals surface area contributed by atoms with Gasteiger partial charge in [-0.15, -0.1) is 0 Å². The van der Waals surface area contributed by atoms with Crippen molar-refractivity contribution in [3.63, 3.8) is 0 Å². The zero-order chi connectivity index (χ0) is 15.6. The van der Waals surface area contributed by atoms with Crippen molar-refractivity contribution >= 4 is 5.91 Å². The fraction of sp³-hybridized carbons (Fsp3) is 0.625. The van der Waals surface area contributed by atoms with Crippen LogP contribution in [-0.4, -0.2) is 67.1 Å². The summed E-state index contributed by atoms with van der Waals surface area (Å²) in [4.78, 5) is 20.3. The number of carbonyl (C=O) groups is 1. The summed E-state index contributed by atoms with van der Waals surface area (Å²) >= 11 is 0. The molecule has 0 aliphatic carbocycles. The minimum Gasteiger partial charge on any atom is -0.379 e. The molecule has 1 atom stereocenters. The number of likely N-dealkylation sites (tertiary alicyclic amines) is 1. The quantitative estimate of drug-likeness (QED) is 0.787. The number of piperidine rings is 1. The lowest BCUT2D eigenvalue weighted by Gasteiger charge is -2.43. The van der Waals surface area contributed by atoms with E-state index < -0.39 is 5.82 Å². The van der Waals surface area contributed by atoms with E-state index in [1.54, 1.807) is 4.90 Å². The van der Waals surface area contributed by atoms with E-state index >= 15 is 0 Å². The molecule has 1 unspecified atom stereocenters. The third-order valence-electron chi connectivity index (χ3n) is 4.58. The second kappa shape index (κ2) is 6.30. The molecule has 2 fully saturated rings. The number of nitrogens with zero attached hydrogens (tertiary/aromatic N) is 3. The minimum absolute atomic E-state index is 0.0390. The summed E-state index contributed by atoms with van der Waals surface area (Å²) < 4.78 is 19.6. The Bertz CT molecular complexity index is 554. The number of amides is 1. The molecular formula is C16H22FN3O2. The highest BCUT2D eigenvalue weighted by Crippen LogP contribution is 2.33. The first kappa shape index (κ1) is 15.4. The third-order valence-corrected chi connectivity index (χ3v) is 4.58. The van der Waals surface area contributed by atoms with E-state index in [1.165, 1.54) is 12.3 Å². The summed E-state index contributed by atoms with van der Waals surface area (Å²) in [5.41, 5.74) is 0.0674. The van der Waals surface area contributed by atoms with Crippen molar-refractivity contribution in [2.75, 3.05) is 46.4 Å². The molecule has 0 saturated carbocycles. The van der Waals surface area contributed by atoms with Crippen molar-refractivity contribution in [1.82, 2.24) is 14.8 Å². The maximum Gasteiger partial charge on any atom is 0.256 e. The van der Waals surface area contributed by atoms with Crippen LogP contribution in [-0.2, 0) is 4.74 Å². The number of hydrogen-bond acceptors (Lipinski definition) is 4. The average molecular weight is 307 g/mol. The molecule has 22 heavy (non-hydrogen) atoms. The number of aromatic nitrogens is 1. The SMILES string of the molecule is CN1CCOCC2(CCCN(C(=O)c3ccncc3F)C2)C1. The van der Waals surface area contributed by atoms with Crippen LogP contribution in [0.25, 0.3) is 0 Å². The van der Waals surface area contributed by atoms with Crippen LogP contribution >= 0.6 is 0 Å². The molecule has 1 spiro atoms. The molecule has 2 aliphatic rings. The van der Waals surface area contributed by atoms with Crippen LogP contribution in [0.2, 0.25) is 0 Å². The lowest BCUT2D eigenvalue weighted by Crippen LogP contribution is -2.51. The number of likely N-dealkylation sites (N-methyl/N-ethyl adjacent to an activating group) is 1. The van der Waals surface area contributed by atoms with E-state index in [0.717, 1.165) is 38.7 Å². The summed E-state index contributed by atoms with van der Waals surface area (Å²) in [7, 11) is 2.08. The van der Waals surface area contributed by atoms with Crippen LogP contribution in [0.1, 0.15) is 23.2 Å². The molecule has 5 nitrogen and oxygen atoms in total. The highest BCUT2D eigenvalue weighted by molar-refractivity contribution is 5.94. The Morgan fingerprint density at radius 1 is 1.41 bits per heavy atom. The monoisotopic (exact) mass is 307 g/mol. The van der Waals surface area contributed by atoms with Gasteiger partial charge in [0.25, 0.3) is 5.91 Å². The molecule has 120 valence electrons. The van der Waals surface area contributed by atoms with Crippen molar-refractivity contribution in [2.24, 2.45) is 5.41 Å². The highest BCUT2D eigenvalue weighted by Gasteiger charge is 2.40. The predicted octanol–water partition coefficient (Wildman–Crippen LogP) is 1.41. The normalized spacial score (nSPS) is 26.9. The molecule has 2 aliphatic heterocycles. The molecule has 1 aromatic heterocycles. The number of hydrogen-bond donors (Lipinski definition) is 0. The van der Waals surface area contributed by atoms with E-state index in [2.05, 4.69) is 16.9 Å². The van der Waals surface area contributed by atoms with Gasteiger partial charge in [-0.05, 0) is 26.0 Å². The first-order valence-electron chi connectivity index (χ1n) is 7.75. The Morgan fingerprint density at radius 2 is 2.27 bits per heavy atom. The fourth-order valence-corrected chi connectivity index (χ4v) is 3.55. The van der Waals surface area contributed by atoms with Gasteiger partial charge in [0.2, 0.25) is 0 Å². The zero-order valence-electron chi connectivity index (χ0n) is 12.9. The summed E-state index contributed by atoms with van der Waals surface area (Å²) in [5, 5.41) is 0. The summed E-state index contributed by atoms with van der Waals surface area (Å²) in [6.45, 7) is 4.51. The van der Waals surface area contributed by atoms with Crippen LogP contribution < -0.4 is 0 Å². The van der Waals surface area contributed by atoms with Crippen molar-refractivity contribution in [2.45, 2.75) is 12.8 Å². The molecule has 0 bridgehead atoms. The summed E-state index contributed by atoms with van der Waals surface area (Å²) in [6.07, 6.45) is 4.52. The summed E-state index contributed by atoms with van der Waals surface area (Å²) in [5.74, 6) is -0.799. The number of ether oxygens (including phenoxy) is 1. The van der Waals surface area contributed by atoms with E-state index in [1.807, 2.05) is 0 Å². The van der Waals surface area contributed by atoms with Gasteiger partial charge in [0.05, 0.1) is 25.0 Å². The van der Waals surface area contributed by atoms with E-state index in [0.29, 0.717) is 19.7 Å². The topological polar surface area (TPSA) is 45.7 Å². The molecule has 1 amide bonds. The Hall–Kier alpha value is -1.53. The van der Waals surface area contributed by atoms with E-state index in [-0.39, 0.29) is 16.9 Å². The Labute approximate surface area is 130 Å². The van der Waals surface area contributed by atoms with E-state index in [4.69, 9.17) is 4.74 Å². The Kier molecular flexibility index (Phi) is 4.40. The van der Waals surface area contributed by atoms with Crippen LogP contribution in [0.3, 0.4) is 0 Å². The second-order valence-corrected chi connectivity index (χ2v) is 6.48. The Balaban J connectivity index is 1.78. The number of carbonyl (C=O) groups excluding carboxylic acids is 1. The lowest BCUT2D eigenvalue weighted by molar-refractivity contribution is 0.00842. The van der Waals surface area contributed by atoms with Gasteiger partial charge in [-0.3, -0.25) is 9.78 Å². The number of rotatable bonds is 1. The average Bonchev–Trinajstić information content (AvgIpc) is 2.68. The molecule has 0 radical (unpaired) electrons. The van der Waals surface area contributed by atoms with Gasteiger partial charge in [-0.1, -0.05) is 0 Å². The van der Waals surface area contributed by atoms with Crippen LogP contribution in [0.4, 0.5) is 4.39 Å². The minimum atomic E-state index is -0.554. The van der Waals surface area contributed by atoms with Gasteiger partial charge in [0.15, 0.2) is 5.82 Å². The first-order chi connectivity index (χ1) is 10.6. The van der Waals surface area contributed by atoms with Crippen molar-refractivity contribution in [1.29, 1.82) is 0 Å². The van der Waals surface area contributed by atoms with Gasteiger partial charge in [-0.25, -0.2) is 4.39 Å². The first-order valence-corrected chi connectivity index (χ1v) is 7.75. The van der Waals surface area contributed by atoms with Crippen LogP contribution in [0.5, 0.6) is 0 Å². The Morgan fingerprint density at radius 3 is 3.09 bits per heavy atom. The maximum absolute atomic E-state index is 13.8. The smallest absolute Gasteiger partial charge is 0.256 e. The van der Waals surface area contributed by atoms with Crippen LogP contribution in [0.15, 0.2) is 18.5 Å². The maximum atomic E-state index is 13.8. The second-order valence-electron chi connectivity index (χ2n) is 6.48. The molecule has 6 heteroatoms. The highest BCUT2D eigenvalue weighted by atomic mass is 19.1. The fourth-order valence-electron chi connectivity index (χ4n) is 3.55. The van der Waals surface area contributed by atoms with Gasteiger partial charge >= 0.3 is 0 Å². The number of pyridine rings is 1. The standard InChI is InChI=1S/C16H22FN3O2/c1-19-7-8-22-12-16(10-19)4-2-6-20(11-16)15(21)13-3-5-18-9-14(13)17/h3,5,9H,2,4,6-8,10-12H2,1H3. The van der Waals surface area contributed by atoms with E-state index in [9.17, 15) is 9.18 Å². The molecular weight excluding hydrogens is 285 g/mol. The third kappa shape index (κ3) is 3.13. The van der Waals surface area contributed by atoms with Crippen LogP contribution in [0, 0.1) is 11.2 Å². The number of halogens is 1. The molecule has 0 N–H and O–H groups in total. The molecule has 2 saturated heterocycles. The lowest BCUT2D eigenvalue weighted by atomic mass is 9.80. The van der Waals surface area contributed by atoms with Gasteiger partial charge in [-0.2, -0.15) is 0 Å². The van der Waals surface area contributed by atoms with Gasteiger partial charge < -0.3 is 14.5 Å². The van der Waals surface area contributed by atoms with Crippen molar-refractivity contribution in [3.05, 3.63) is 29.8 Å². The molecule has 0 aromatic carbocycles. The van der Waals surface area contributed by atoms with Crippen molar-refractivity contribution in [3.8, 4) is 0 Å². The largest absolute Gasteiger partial charge is 0.379 e. The van der Waals surface area contributed by atoms with Gasteiger partial charge in [0.1, 0.15) is 0 Å².